The normalized spacial score (nSPS) is 11.3. The summed E-state index contributed by atoms with van der Waals surface area (Å²) in [6, 6.07) is 11.8. The lowest BCUT2D eigenvalue weighted by Crippen LogP contribution is -2.33. The lowest BCUT2D eigenvalue weighted by atomic mass is 10.1. The first-order chi connectivity index (χ1) is 12.5. The molecule has 1 aromatic carbocycles. The zero-order chi connectivity index (χ0) is 18.3. The van der Waals surface area contributed by atoms with E-state index >= 15 is 0 Å². The quantitative estimate of drug-likeness (QED) is 0.604. The molecule has 0 saturated carbocycles. The fraction of sp³-hybridized carbons (Fsp3) is 0.211. The first-order valence-electron chi connectivity index (χ1n) is 8.31. The van der Waals surface area contributed by atoms with Gasteiger partial charge >= 0.3 is 0 Å². The van der Waals surface area contributed by atoms with E-state index in [1.165, 1.54) is 15.1 Å². The summed E-state index contributed by atoms with van der Waals surface area (Å²) in [6.45, 7) is 4.38. The van der Waals surface area contributed by atoms with Gasteiger partial charge in [0.05, 0.1) is 10.2 Å². The summed E-state index contributed by atoms with van der Waals surface area (Å²) in [5.41, 5.74) is 3.43. The minimum atomic E-state index is -0.265. The van der Waals surface area contributed by atoms with Crippen molar-refractivity contribution in [2.45, 2.75) is 26.9 Å². The third-order valence-electron chi connectivity index (χ3n) is 4.31. The van der Waals surface area contributed by atoms with Crippen LogP contribution in [0.15, 0.2) is 47.5 Å². The molecule has 0 aliphatic carbocycles. The van der Waals surface area contributed by atoms with Crippen LogP contribution in [0, 0.1) is 13.8 Å². The summed E-state index contributed by atoms with van der Waals surface area (Å²) < 4.78 is 4.03. The van der Waals surface area contributed by atoms with E-state index in [4.69, 9.17) is 0 Å². The van der Waals surface area contributed by atoms with Crippen molar-refractivity contribution in [1.82, 2.24) is 19.5 Å². The smallest absolute Gasteiger partial charge is 0.291 e. The molecule has 4 rings (SSSR count). The van der Waals surface area contributed by atoms with Crippen LogP contribution in [-0.4, -0.2) is 20.1 Å². The minimum absolute atomic E-state index is 0.0982. The molecule has 1 amide bonds. The van der Waals surface area contributed by atoms with E-state index in [0.717, 1.165) is 15.8 Å². The van der Waals surface area contributed by atoms with Crippen LogP contribution in [-0.2, 0) is 17.9 Å². The Morgan fingerprint density at radius 3 is 2.69 bits per heavy atom. The molecule has 3 heterocycles. The Labute approximate surface area is 153 Å². The number of nitrogens with one attached hydrogen (secondary N) is 1. The van der Waals surface area contributed by atoms with Crippen molar-refractivity contribution >= 4 is 33.0 Å². The van der Waals surface area contributed by atoms with Crippen molar-refractivity contribution in [1.29, 1.82) is 0 Å². The molecule has 0 atom stereocenters. The zero-order valence-electron chi connectivity index (χ0n) is 14.5. The largest absolute Gasteiger partial charge is 0.350 e. The Bertz CT molecular complexity index is 1170. The third kappa shape index (κ3) is 3.01. The van der Waals surface area contributed by atoms with Gasteiger partial charge in [0.1, 0.15) is 18.4 Å². The molecule has 7 heteroatoms. The van der Waals surface area contributed by atoms with E-state index in [0.29, 0.717) is 12.1 Å². The second-order valence-corrected chi connectivity index (χ2v) is 7.65. The van der Waals surface area contributed by atoms with E-state index in [1.54, 1.807) is 22.1 Å². The average molecular weight is 366 g/mol. The summed E-state index contributed by atoms with van der Waals surface area (Å²) in [5, 5.41) is 6.98. The SMILES string of the molecule is Cc1ccc(CNC(=O)Cn2ncn3c(cc4sc(C)cc43)c2=O)cc1. The maximum absolute atomic E-state index is 12.6. The van der Waals surface area contributed by atoms with Crippen LogP contribution in [0.25, 0.3) is 15.7 Å². The molecule has 132 valence electrons. The number of aryl methyl sites for hydroxylation is 2. The van der Waals surface area contributed by atoms with E-state index in [9.17, 15) is 9.59 Å². The van der Waals surface area contributed by atoms with Crippen LogP contribution in [0.5, 0.6) is 0 Å². The third-order valence-corrected chi connectivity index (χ3v) is 5.30. The number of aromatic nitrogens is 3. The summed E-state index contributed by atoms with van der Waals surface area (Å²) in [6.07, 6.45) is 1.60. The Morgan fingerprint density at radius 2 is 1.92 bits per heavy atom. The molecule has 4 aromatic rings. The zero-order valence-corrected chi connectivity index (χ0v) is 15.3. The van der Waals surface area contributed by atoms with Crippen LogP contribution >= 0.6 is 11.3 Å². The molecule has 0 radical (unpaired) electrons. The minimum Gasteiger partial charge on any atom is -0.350 e. The maximum atomic E-state index is 12.6. The number of hydrogen-bond acceptors (Lipinski definition) is 4. The second kappa shape index (κ2) is 6.42. The van der Waals surface area contributed by atoms with E-state index in [2.05, 4.69) is 10.4 Å². The van der Waals surface area contributed by atoms with Gasteiger partial charge in [-0.05, 0) is 31.5 Å². The number of fused-ring (bicyclic) bond motifs is 3. The van der Waals surface area contributed by atoms with Crippen molar-refractivity contribution in [2.75, 3.05) is 0 Å². The molecule has 0 aliphatic rings. The number of thiophene rings is 1. The standard InChI is InChI=1S/C19H18N4O2S/c1-12-3-5-14(6-4-12)9-20-18(24)10-23-19(25)16-8-17-15(7-13(2)26-17)22(16)11-21-23/h3-8,11H,9-10H2,1-2H3,(H,20,24). The van der Waals surface area contributed by atoms with E-state index in [-0.39, 0.29) is 18.0 Å². The Hall–Kier alpha value is -2.93. The number of amides is 1. The van der Waals surface area contributed by atoms with Gasteiger partial charge in [-0.15, -0.1) is 11.3 Å². The van der Waals surface area contributed by atoms with Gasteiger partial charge in [0.15, 0.2) is 0 Å². The highest BCUT2D eigenvalue weighted by atomic mass is 32.1. The number of carbonyl (C=O) groups is 1. The topological polar surface area (TPSA) is 68.4 Å². The first kappa shape index (κ1) is 16.5. The van der Waals surface area contributed by atoms with Crippen LogP contribution < -0.4 is 10.9 Å². The second-order valence-electron chi connectivity index (χ2n) is 6.36. The summed E-state index contributed by atoms with van der Waals surface area (Å²) in [5.74, 6) is -0.242. The molecular formula is C19H18N4O2S. The van der Waals surface area contributed by atoms with Gasteiger partial charge in [-0.3, -0.25) is 14.0 Å². The summed E-state index contributed by atoms with van der Waals surface area (Å²) in [7, 11) is 0. The monoisotopic (exact) mass is 366 g/mol. The molecule has 0 aliphatic heterocycles. The number of hydrogen-bond donors (Lipinski definition) is 1. The van der Waals surface area contributed by atoms with Crippen LogP contribution in [0.2, 0.25) is 0 Å². The first-order valence-corrected chi connectivity index (χ1v) is 9.12. The summed E-state index contributed by atoms with van der Waals surface area (Å²) in [4.78, 5) is 26.0. The molecule has 0 fully saturated rings. The van der Waals surface area contributed by atoms with Crippen LogP contribution in [0.3, 0.4) is 0 Å². The predicted octanol–water partition coefficient (Wildman–Crippen LogP) is 2.64. The number of nitrogens with zero attached hydrogens (tertiary/aromatic N) is 3. The summed E-state index contributed by atoms with van der Waals surface area (Å²) >= 11 is 1.64. The number of rotatable bonds is 4. The molecule has 0 saturated heterocycles. The van der Waals surface area contributed by atoms with Gasteiger partial charge in [0.25, 0.3) is 5.56 Å². The van der Waals surface area contributed by atoms with Crippen molar-refractivity contribution < 1.29 is 4.79 Å². The van der Waals surface area contributed by atoms with Gasteiger partial charge in [-0.2, -0.15) is 5.10 Å². The molecule has 26 heavy (non-hydrogen) atoms. The van der Waals surface area contributed by atoms with E-state index in [1.807, 2.05) is 50.2 Å². The molecule has 0 spiro atoms. The highest BCUT2D eigenvalue weighted by molar-refractivity contribution is 7.19. The predicted molar refractivity (Wildman–Crippen MR) is 103 cm³/mol. The highest BCUT2D eigenvalue weighted by Gasteiger charge is 2.12. The molecule has 0 unspecified atom stereocenters. The van der Waals surface area contributed by atoms with Crippen LogP contribution in [0.4, 0.5) is 0 Å². The lowest BCUT2D eigenvalue weighted by Gasteiger charge is -2.07. The Balaban J connectivity index is 1.53. The Morgan fingerprint density at radius 1 is 1.15 bits per heavy atom. The number of carbonyl (C=O) groups excluding carboxylic acids is 1. The van der Waals surface area contributed by atoms with Gasteiger partial charge in [0.2, 0.25) is 5.91 Å². The number of benzene rings is 1. The molecule has 1 N–H and O–H groups in total. The van der Waals surface area contributed by atoms with Gasteiger partial charge in [-0.25, -0.2) is 4.68 Å². The van der Waals surface area contributed by atoms with E-state index < -0.39 is 0 Å². The van der Waals surface area contributed by atoms with Gasteiger partial charge in [-0.1, -0.05) is 29.8 Å². The van der Waals surface area contributed by atoms with Gasteiger partial charge in [0, 0.05) is 11.4 Å². The van der Waals surface area contributed by atoms with Crippen molar-refractivity contribution in [2.24, 2.45) is 0 Å². The van der Waals surface area contributed by atoms with Crippen LogP contribution in [0.1, 0.15) is 16.0 Å². The molecule has 0 bridgehead atoms. The Kier molecular flexibility index (Phi) is 4.08. The molecule has 3 aromatic heterocycles. The van der Waals surface area contributed by atoms with Crippen molar-refractivity contribution in [3.8, 4) is 0 Å². The highest BCUT2D eigenvalue weighted by Crippen LogP contribution is 2.26. The maximum Gasteiger partial charge on any atom is 0.291 e. The fourth-order valence-corrected chi connectivity index (χ4v) is 3.88. The molecular weight excluding hydrogens is 348 g/mol. The molecule has 6 nitrogen and oxygen atoms in total. The lowest BCUT2D eigenvalue weighted by molar-refractivity contribution is -0.122. The van der Waals surface area contributed by atoms with Gasteiger partial charge < -0.3 is 5.32 Å². The van der Waals surface area contributed by atoms with Crippen molar-refractivity contribution in [3.05, 3.63) is 69.1 Å². The average Bonchev–Trinajstić information content (AvgIpc) is 3.13. The van der Waals surface area contributed by atoms with Crippen molar-refractivity contribution in [3.63, 3.8) is 0 Å². The fourth-order valence-electron chi connectivity index (χ4n) is 2.93.